The molecule has 0 aromatic carbocycles. The van der Waals surface area contributed by atoms with Crippen molar-refractivity contribution in [2.24, 2.45) is 17.8 Å². The van der Waals surface area contributed by atoms with E-state index in [1.165, 1.54) is 6.92 Å². The number of esters is 1. The highest BCUT2D eigenvalue weighted by atomic mass is 16.5. The zero-order chi connectivity index (χ0) is 15.0. The Hall–Kier alpha value is -1.38. The zero-order valence-corrected chi connectivity index (χ0v) is 13.0. The molecule has 3 heteroatoms. The number of hydrogen-bond donors (Lipinski definition) is 0. The quantitative estimate of drug-likeness (QED) is 0.418. The molecule has 0 spiro atoms. The average molecular weight is 276 g/mol. The van der Waals surface area contributed by atoms with Crippen LogP contribution >= 0.6 is 0 Å². The van der Waals surface area contributed by atoms with Gasteiger partial charge in [-0.1, -0.05) is 18.6 Å². The van der Waals surface area contributed by atoms with Crippen LogP contribution in [0.15, 0.2) is 22.8 Å². The first-order valence-electron chi connectivity index (χ1n) is 7.37. The van der Waals surface area contributed by atoms with Crippen LogP contribution in [0, 0.1) is 17.8 Å². The van der Waals surface area contributed by atoms with E-state index in [0.717, 1.165) is 23.1 Å². The molecule has 0 aliphatic heterocycles. The lowest BCUT2D eigenvalue weighted by atomic mass is 9.63. The second-order valence-corrected chi connectivity index (χ2v) is 6.45. The fraction of sp³-hybridized carbons (Fsp3) is 0.647. The molecule has 20 heavy (non-hydrogen) atoms. The first kappa shape index (κ1) is 15.0. The van der Waals surface area contributed by atoms with Crippen LogP contribution in [-0.2, 0) is 14.3 Å². The van der Waals surface area contributed by atoms with Crippen LogP contribution in [0.4, 0.5) is 0 Å². The summed E-state index contributed by atoms with van der Waals surface area (Å²) in [6.07, 6.45) is 3.47. The van der Waals surface area contributed by atoms with Crippen LogP contribution in [0.3, 0.4) is 0 Å². The summed E-state index contributed by atoms with van der Waals surface area (Å²) in [4.78, 5) is 23.5. The number of carbonyl (C=O) groups is 2. The van der Waals surface area contributed by atoms with E-state index >= 15 is 0 Å². The van der Waals surface area contributed by atoms with Gasteiger partial charge in [0.2, 0.25) is 0 Å². The van der Waals surface area contributed by atoms with Crippen LogP contribution in [0.2, 0.25) is 0 Å². The highest BCUT2D eigenvalue weighted by Gasteiger charge is 2.42. The molecule has 0 saturated heterocycles. The molecule has 1 fully saturated rings. The number of Topliss-reactive ketones (excluding diaryl/α,β-unsaturated/α-hetero) is 1. The second kappa shape index (κ2) is 5.55. The minimum absolute atomic E-state index is 0.122. The zero-order valence-electron chi connectivity index (χ0n) is 13.0. The molecule has 0 bridgehead atoms. The molecule has 1 saturated carbocycles. The number of fused-ring (bicyclic) bond motifs is 1. The van der Waals surface area contributed by atoms with Crippen LogP contribution in [-0.4, -0.2) is 17.9 Å². The van der Waals surface area contributed by atoms with Gasteiger partial charge in [-0.15, -0.1) is 0 Å². The maximum atomic E-state index is 12.3. The topological polar surface area (TPSA) is 43.4 Å². The smallest absolute Gasteiger partial charge is 0.303 e. The van der Waals surface area contributed by atoms with E-state index in [1.54, 1.807) is 0 Å². The number of ketones is 1. The van der Waals surface area contributed by atoms with E-state index in [1.807, 2.05) is 20.8 Å². The van der Waals surface area contributed by atoms with Gasteiger partial charge in [0, 0.05) is 24.8 Å². The Morgan fingerprint density at radius 2 is 1.95 bits per heavy atom. The summed E-state index contributed by atoms with van der Waals surface area (Å²) in [5.41, 5.74) is 3.17. The van der Waals surface area contributed by atoms with Crippen molar-refractivity contribution in [3.63, 3.8) is 0 Å². The molecule has 0 radical (unpaired) electrons. The maximum Gasteiger partial charge on any atom is 0.303 e. The highest BCUT2D eigenvalue weighted by Crippen LogP contribution is 2.45. The third-order valence-electron chi connectivity index (χ3n) is 4.62. The first-order valence-corrected chi connectivity index (χ1v) is 7.37. The summed E-state index contributed by atoms with van der Waals surface area (Å²) in [5.74, 6) is 0.989. The lowest BCUT2D eigenvalue weighted by Crippen LogP contribution is -2.40. The molecule has 0 unspecified atom stereocenters. The predicted octanol–water partition coefficient (Wildman–Crippen LogP) is 3.45. The van der Waals surface area contributed by atoms with Crippen LogP contribution in [0.5, 0.6) is 0 Å². The number of rotatable bonds is 1. The van der Waals surface area contributed by atoms with Gasteiger partial charge in [0.1, 0.15) is 6.10 Å². The molecule has 2 aliphatic rings. The summed E-state index contributed by atoms with van der Waals surface area (Å²) in [6, 6.07) is 0. The van der Waals surface area contributed by atoms with Crippen molar-refractivity contribution in [1.82, 2.24) is 0 Å². The van der Waals surface area contributed by atoms with E-state index in [-0.39, 0.29) is 23.8 Å². The molecule has 2 rings (SSSR count). The minimum atomic E-state index is -0.233. The Morgan fingerprint density at radius 1 is 1.30 bits per heavy atom. The van der Waals surface area contributed by atoms with Crippen molar-refractivity contribution < 1.29 is 14.3 Å². The van der Waals surface area contributed by atoms with Crippen molar-refractivity contribution in [1.29, 1.82) is 0 Å². The molecule has 3 nitrogen and oxygen atoms in total. The molecule has 0 aromatic rings. The minimum Gasteiger partial charge on any atom is -0.458 e. The van der Waals surface area contributed by atoms with Crippen LogP contribution in [0.1, 0.15) is 47.5 Å². The number of allylic oxidation sites excluding steroid dienone is 3. The monoisotopic (exact) mass is 276 g/mol. The summed E-state index contributed by atoms with van der Waals surface area (Å²) in [7, 11) is 0. The molecular formula is C17H24O3. The van der Waals surface area contributed by atoms with E-state index in [2.05, 4.69) is 13.0 Å². The lowest BCUT2D eigenvalue weighted by molar-refractivity contribution is -0.146. The van der Waals surface area contributed by atoms with Gasteiger partial charge in [0.05, 0.1) is 0 Å². The fourth-order valence-corrected chi connectivity index (χ4v) is 3.67. The standard InChI is InChI=1S/C17H24O3/c1-9(2)17-14-6-11(4)16(20-12(5)18)8-13(14)10(3)7-15(17)19/h6,10,13-14,16H,7-8H2,1-5H3/t10-,13+,14-,16+/m0/s1. The Kier molecular flexibility index (Phi) is 4.17. The normalized spacial score (nSPS) is 33.4. The summed E-state index contributed by atoms with van der Waals surface area (Å²) >= 11 is 0. The number of ether oxygens (including phenoxy) is 1. The average Bonchev–Trinajstić information content (AvgIpc) is 2.30. The first-order chi connectivity index (χ1) is 9.31. The summed E-state index contributed by atoms with van der Waals surface area (Å²) < 4.78 is 5.42. The molecular weight excluding hydrogens is 252 g/mol. The molecule has 0 heterocycles. The van der Waals surface area contributed by atoms with E-state index in [4.69, 9.17) is 4.74 Å². The van der Waals surface area contributed by atoms with Gasteiger partial charge in [-0.3, -0.25) is 9.59 Å². The number of carbonyl (C=O) groups excluding carboxylic acids is 2. The largest absolute Gasteiger partial charge is 0.458 e. The van der Waals surface area contributed by atoms with Gasteiger partial charge in [-0.2, -0.15) is 0 Å². The van der Waals surface area contributed by atoms with Crippen molar-refractivity contribution in [3.05, 3.63) is 22.8 Å². The van der Waals surface area contributed by atoms with Gasteiger partial charge in [0.15, 0.2) is 5.78 Å². The summed E-state index contributed by atoms with van der Waals surface area (Å²) in [6.45, 7) is 9.62. The van der Waals surface area contributed by atoms with Gasteiger partial charge in [-0.25, -0.2) is 0 Å². The van der Waals surface area contributed by atoms with Crippen LogP contribution in [0.25, 0.3) is 0 Å². The Morgan fingerprint density at radius 3 is 2.50 bits per heavy atom. The molecule has 0 aromatic heterocycles. The molecule has 0 amide bonds. The SMILES string of the molecule is CC(=O)O[C@@H]1C[C@H]2[C@H](C=C1C)C(=C(C)C)C(=O)C[C@@H]2C. The highest BCUT2D eigenvalue weighted by molar-refractivity contribution is 5.98. The Bertz CT molecular complexity index is 494. The molecule has 2 aliphatic carbocycles. The third-order valence-corrected chi connectivity index (χ3v) is 4.62. The van der Waals surface area contributed by atoms with Gasteiger partial charge >= 0.3 is 5.97 Å². The van der Waals surface area contributed by atoms with E-state index < -0.39 is 0 Å². The lowest BCUT2D eigenvalue weighted by Gasteiger charge is -2.42. The van der Waals surface area contributed by atoms with Crippen molar-refractivity contribution in [3.8, 4) is 0 Å². The van der Waals surface area contributed by atoms with Crippen molar-refractivity contribution in [2.75, 3.05) is 0 Å². The van der Waals surface area contributed by atoms with Crippen LogP contribution < -0.4 is 0 Å². The molecule has 0 N–H and O–H groups in total. The van der Waals surface area contributed by atoms with E-state index in [0.29, 0.717) is 18.3 Å². The fourth-order valence-electron chi connectivity index (χ4n) is 3.67. The Balaban J connectivity index is 2.37. The van der Waals surface area contributed by atoms with Gasteiger partial charge in [-0.05, 0) is 44.6 Å². The van der Waals surface area contributed by atoms with Crippen molar-refractivity contribution in [2.45, 2.75) is 53.6 Å². The summed E-state index contributed by atoms with van der Waals surface area (Å²) in [5, 5.41) is 0. The Labute approximate surface area is 121 Å². The van der Waals surface area contributed by atoms with Gasteiger partial charge < -0.3 is 4.74 Å². The predicted molar refractivity (Wildman–Crippen MR) is 78.1 cm³/mol. The van der Waals surface area contributed by atoms with Gasteiger partial charge in [0.25, 0.3) is 0 Å². The molecule has 110 valence electrons. The maximum absolute atomic E-state index is 12.3. The second-order valence-electron chi connectivity index (χ2n) is 6.45. The molecule has 4 atom stereocenters. The third kappa shape index (κ3) is 2.72. The van der Waals surface area contributed by atoms with E-state index in [9.17, 15) is 9.59 Å². The number of hydrogen-bond acceptors (Lipinski definition) is 3. The van der Waals surface area contributed by atoms with Crippen molar-refractivity contribution >= 4 is 11.8 Å².